The molecule has 0 saturated heterocycles. The second-order valence-electron chi connectivity index (χ2n) is 4.76. The molecule has 17 heavy (non-hydrogen) atoms. The molecule has 0 aromatic rings. The Morgan fingerprint density at radius 3 is 2.76 bits per heavy atom. The Kier molecular flexibility index (Phi) is 6.94. The number of hydrogen-bond acceptors (Lipinski definition) is 3. The van der Waals surface area contributed by atoms with Gasteiger partial charge >= 0.3 is 5.97 Å². The van der Waals surface area contributed by atoms with E-state index in [0.29, 0.717) is 6.61 Å². The van der Waals surface area contributed by atoms with Gasteiger partial charge in [0.25, 0.3) is 0 Å². The lowest BCUT2D eigenvalue weighted by molar-refractivity contribution is -0.137. The van der Waals surface area contributed by atoms with E-state index < -0.39 is 6.10 Å². The van der Waals surface area contributed by atoms with Crippen LogP contribution in [0.15, 0.2) is 12.2 Å². The lowest BCUT2D eigenvalue weighted by atomic mass is 9.85. The third-order valence-electron chi connectivity index (χ3n) is 3.34. The maximum atomic E-state index is 11.0. The van der Waals surface area contributed by atoms with Crippen LogP contribution >= 0.6 is 0 Å². The fourth-order valence-electron chi connectivity index (χ4n) is 2.36. The van der Waals surface area contributed by atoms with Crippen LogP contribution in [0, 0.1) is 5.92 Å². The van der Waals surface area contributed by atoms with Gasteiger partial charge in [-0.2, -0.15) is 0 Å². The van der Waals surface area contributed by atoms with Crippen molar-refractivity contribution in [3.8, 4) is 0 Å². The number of aliphatic hydroxyl groups excluding tert-OH is 1. The molecule has 0 spiro atoms. The smallest absolute Gasteiger partial charge is 0.330 e. The van der Waals surface area contributed by atoms with Crippen LogP contribution in [0.5, 0.6) is 0 Å². The van der Waals surface area contributed by atoms with E-state index in [2.05, 4.69) is 0 Å². The van der Waals surface area contributed by atoms with Crippen molar-refractivity contribution >= 4 is 5.97 Å². The summed E-state index contributed by atoms with van der Waals surface area (Å²) in [7, 11) is 0. The van der Waals surface area contributed by atoms with Crippen LogP contribution in [0.1, 0.15) is 51.9 Å². The van der Waals surface area contributed by atoms with Gasteiger partial charge in [-0.1, -0.05) is 32.1 Å². The molecule has 1 N–H and O–H groups in total. The zero-order valence-corrected chi connectivity index (χ0v) is 10.7. The monoisotopic (exact) mass is 240 g/mol. The van der Waals surface area contributed by atoms with Gasteiger partial charge in [-0.05, 0) is 31.8 Å². The lowest BCUT2D eigenvalue weighted by Crippen LogP contribution is -2.11. The zero-order chi connectivity index (χ0) is 12.5. The average molecular weight is 240 g/mol. The quantitative estimate of drug-likeness (QED) is 0.573. The molecule has 3 nitrogen and oxygen atoms in total. The molecule has 1 unspecified atom stereocenters. The van der Waals surface area contributed by atoms with Crippen LogP contribution in [-0.2, 0) is 9.53 Å². The van der Waals surface area contributed by atoms with E-state index in [0.717, 1.165) is 18.8 Å². The average Bonchev–Trinajstić information content (AvgIpc) is 2.35. The second-order valence-corrected chi connectivity index (χ2v) is 4.76. The van der Waals surface area contributed by atoms with Crippen molar-refractivity contribution in [2.45, 2.75) is 58.0 Å². The Bertz CT molecular complexity index is 242. The van der Waals surface area contributed by atoms with Gasteiger partial charge < -0.3 is 9.84 Å². The number of rotatable bonds is 6. The fourth-order valence-corrected chi connectivity index (χ4v) is 2.36. The van der Waals surface area contributed by atoms with Crippen molar-refractivity contribution < 1.29 is 14.6 Å². The van der Waals surface area contributed by atoms with Gasteiger partial charge in [-0.3, -0.25) is 0 Å². The molecule has 0 aromatic heterocycles. The molecule has 1 aliphatic carbocycles. The zero-order valence-electron chi connectivity index (χ0n) is 10.7. The maximum Gasteiger partial charge on any atom is 0.330 e. The summed E-state index contributed by atoms with van der Waals surface area (Å²) in [5, 5.41) is 9.70. The molecule has 0 amide bonds. The van der Waals surface area contributed by atoms with Gasteiger partial charge in [-0.15, -0.1) is 0 Å². The van der Waals surface area contributed by atoms with Crippen LogP contribution in [0.25, 0.3) is 0 Å². The first-order chi connectivity index (χ1) is 8.22. The minimum atomic E-state index is -0.513. The summed E-state index contributed by atoms with van der Waals surface area (Å²) in [6, 6.07) is 0. The molecule has 98 valence electrons. The Hall–Kier alpha value is -0.830. The van der Waals surface area contributed by atoms with Crippen molar-refractivity contribution in [2.75, 3.05) is 6.61 Å². The predicted molar refractivity (Wildman–Crippen MR) is 67.6 cm³/mol. The van der Waals surface area contributed by atoms with E-state index in [1.54, 1.807) is 13.0 Å². The maximum absolute atomic E-state index is 11.0. The standard InChI is InChI=1S/C14H24O3/c1-2-17-14(16)11-10-13(15)9-8-12-6-4-3-5-7-12/h10-13,15H,2-9H2,1H3/b11-10+. The molecular formula is C14H24O3. The molecule has 0 bridgehead atoms. The fraction of sp³-hybridized carbons (Fsp3) is 0.786. The molecule has 0 radical (unpaired) electrons. The number of carbonyl (C=O) groups is 1. The van der Waals surface area contributed by atoms with Crippen molar-refractivity contribution in [1.82, 2.24) is 0 Å². The minimum Gasteiger partial charge on any atom is -0.463 e. The van der Waals surface area contributed by atoms with Gasteiger partial charge in [0.2, 0.25) is 0 Å². The topological polar surface area (TPSA) is 46.5 Å². The van der Waals surface area contributed by atoms with Crippen molar-refractivity contribution in [3.63, 3.8) is 0 Å². The molecule has 1 rings (SSSR count). The van der Waals surface area contributed by atoms with Crippen molar-refractivity contribution in [3.05, 3.63) is 12.2 Å². The van der Waals surface area contributed by atoms with Gasteiger partial charge in [0.15, 0.2) is 0 Å². The summed E-state index contributed by atoms with van der Waals surface area (Å²) in [4.78, 5) is 11.0. The van der Waals surface area contributed by atoms with Gasteiger partial charge in [0, 0.05) is 6.08 Å². The molecule has 3 heteroatoms. The van der Waals surface area contributed by atoms with Crippen LogP contribution in [0.3, 0.4) is 0 Å². The van der Waals surface area contributed by atoms with Crippen LogP contribution in [0.4, 0.5) is 0 Å². The van der Waals surface area contributed by atoms with Crippen LogP contribution in [-0.4, -0.2) is 23.8 Å². The third kappa shape index (κ3) is 6.47. The summed E-state index contributed by atoms with van der Waals surface area (Å²) in [5.74, 6) is 0.401. The predicted octanol–water partition coefficient (Wildman–Crippen LogP) is 2.83. The highest BCUT2D eigenvalue weighted by Crippen LogP contribution is 2.27. The summed E-state index contributed by atoms with van der Waals surface area (Å²) in [6.45, 7) is 2.15. The first-order valence-electron chi connectivity index (χ1n) is 6.75. The number of esters is 1. The van der Waals surface area contributed by atoms with Gasteiger partial charge in [0.1, 0.15) is 0 Å². The lowest BCUT2D eigenvalue weighted by Gasteiger charge is -2.21. The highest BCUT2D eigenvalue weighted by Gasteiger charge is 2.14. The molecule has 1 saturated carbocycles. The Balaban J connectivity index is 2.15. The van der Waals surface area contributed by atoms with Crippen LogP contribution in [0.2, 0.25) is 0 Å². The normalized spacial score (nSPS) is 19.4. The molecule has 0 heterocycles. The molecule has 1 atom stereocenters. The van der Waals surface area contributed by atoms with Crippen molar-refractivity contribution in [1.29, 1.82) is 0 Å². The Labute approximate surface area is 104 Å². The van der Waals surface area contributed by atoms with E-state index in [1.165, 1.54) is 38.2 Å². The Morgan fingerprint density at radius 2 is 2.12 bits per heavy atom. The molecular weight excluding hydrogens is 216 g/mol. The van der Waals surface area contributed by atoms with Crippen LogP contribution < -0.4 is 0 Å². The third-order valence-corrected chi connectivity index (χ3v) is 3.34. The van der Waals surface area contributed by atoms with E-state index in [1.807, 2.05) is 0 Å². The summed E-state index contributed by atoms with van der Waals surface area (Å²) < 4.78 is 4.75. The Morgan fingerprint density at radius 1 is 1.41 bits per heavy atom. The first kappa shape index (κ1) is 14.2. The largest absolute Gasteiger partial charge is 0.463 e. The summed E-state index contributed by atoms with van der Waals surface area (Å²) >= 11 is 0. The summed E-state index contributed by atoms with van der Waals surface area (Å²) in [5.41, 5.74) is 0. The van der Waals surface area contributed by atoms with Crippen molar-refractivity contribution in [2.24, 2.45) is 5.92 Å². The van der Waals surface area contributed by atoms with E-state index >= 15 is 0 Å². The highest BCUT2D eigenvalue weighted by molar-refractivity contribution is 5.81. The van der Waals surface area contributed by atoms with Gasteiger partial charge in [-0.25, -0.2) is 4.79 Å². The molecule has 1 aliphatic rings. The number of hydrogen-bond donors (Lipinski definition) is 1. The molecule has 0 aliphatic heterocycles. The first-order valence-corrected chi connectivity index (χ1v) is 6.75. The molecule has 0 aromatic carbocycles. The van der Waals surface area contributed by atoms with Gasteiger partial charge in [0.05, 0.1) is 12.7 Å². The molecule has 1 fully saturated rings. The number of carbonyl (C=O) groups excluding carboxylic acids is 1. The van der Waals surface area contributed by atoms with E-state index in [4.69, 9.17) is 4.74 Å². The number of aliphatic hydroxyl groups is 1. The SMILES string of the molecule is CCOC(=O)/C=C/C(O)CCC1CCCCC1. The second kappa shape index (κ2) is 8.29. The van der Waals surface area contributed by atoms with E-state index in [9.17, 15) is 9.90 Å². The highest BCUT2D eigenvalue weighted by atomic mass is 16.5. The minimum absolute atomic E-state index is 0.371. The van der Waals surface area contributed by atoms with E-state index in [-0.39, 0.29) is 5.97 Å². The number of ether oxygens (including phenoxy) is 1. The summed E-state index contributed by atoms with van der Waals surface area (Å²) in [6.07, 6.45) is 10.8.